The molecule has 266 valence electrons. The van der Waals surface area contributed by atoms with Crippen molar-refractivity contribution in [2.24, 2.45) is 0 Å². The summed E-state index contributed by atoms with van der Waals surface area (Å²) < 4.78 is 1.46. The van der Waals surface area contributed by atoms with Crippen LogP contribution in [0.15, 0.2) is 52.9 Å². The zero-order valence-corrected chi connectivity index (χ0v) is 28.4. The molecule has 4 heterocycles. The number of aromatic amines is 1. The first-order valence-electron chi connectivity index (χ1n) is 17.2. The molecular weight excluding hydrogens is 656 g/mol. The number of nitrogens with one attached hydrogen (secondary N) is 3. The summed E-state index contributed by atoms with van der Waals surface area (Å²) in [5.74, 6) is -1.04. The standard InChI is InChI=1S/C36H40N8O7/c1-20(2)24-16-25(30(46)17-29(24)45)32-39-40-36(51)44(32)22-8-6-21(7-9-22)18-41-12-14-42(15-13-41)35(50)37-27-5-3-4-23-26(27)19-43(34(23)49)28-10-11-31(47)38-33(28)48/h3-6,8,16-17,20,28,45-46H,7,9-15,18-19H2,1-2H3,(H,37,50)(H,40,51)(H,38,47,48). The molecule has 1 aromatic heterocycles. The molecule has 5 N–H and O–H groups in total. The fourth-order valence-corrected chi connectivity index (χ4v) is 7.26. The molecule has 5 amide bonds. The summed E-state index contributed by atoms with van der Waals surface area (Å²) >= 11 is 0. The normalized spacial score (nSPS) is 19.6. The van der Waals surface area contributed by atoms with Crippen LogP contribution in [-0.4, -0.2) is 102 Å². The van der Waals surface area contributed by atoms with Gasteiger partial charge in [-0.25, -0.2) is 19.3 Å². The van der Waals surface area contributed by atoms with E-state index in [1.54, 1.807) is 29.2 Å². The van der Waals surface area contributed by atoms with Crippen LogP contribution in [-0.2, 0) is 16.1 Å². The fourth-order valence-electron chi connectivity index (χ4n) is 7.26. The van der Waals surface area contributed by atoms with Gasteiger partial charge in [-0.3, -0.25) is 24.6 Å². The lowest BCUT2D eigenvalue weighted by atomic mass is 9.98. The van der Waals surface area contributed by atoms with Gasteiger partial charge in [0.2, 0.25) is 11.8 Å². The highest BCUT2D eigenvalue weighted by Crippen LogP contribution is 2.38. The van der Waals surface area contributed by atoms with E-state index in [1.807, 2.05) is 26.0 Å². The number of amides is 5. The fraction of sp³-hybridized carbons (Fsp3) is 0.389. The van der Waals surface area contributed by atoms with Gasteiger partial charge < -0.3 is 25.3 Å². The Bertz CT molecular complexity index is 2050. The third-order valence-electron chi connectivity index (χ3n) is 10.1. The molecule has 2 saturated heterocycles. The van der Waals surface area contributed by atoms with Crippen LogP contribution in [0, 0.1) is 0 Å². The van der Waals surface area contributed by atoms with Crippen LogP contribution in [0.4, 0.5) is 10.5 Å². The van der Waals surface area contributed by atoms with Gasteiger partial charge in [0, 0.05) is 74.3 Å². The summed E-state index contributed by atoms with van der Waals surface area (Å²) in [4.78, 5) is 68.9. The Morgan fingerprint density at radius 3 is 2.47 bits per heavy atom. The van der Waals surface area contributed by atoms with Gasteiger partial charge in [-0.05, 0) is 55.0 Å². The zero-order chi connectivity index (χ0) is 36.0. The Hall–Kier alpha value is -5.70. The summed E-state index contributed by atoms with van der Waals surface area (Å²) in [6, 6.07) is 7.09. The Morgan fingerprint density at radius 1 is 0.980 bits per heavy atom. The molecule has 3 aliphatic heterocycles. The molecule has 1 unspecified atom stereocenters. The lowest BCUT2D eigenvalue weighted by Gasteiger charge is -2.35. The first kappa shape index (κ1) is 33.8. The SMILES string of the molecule is CC(C)c1cc(-c2n[nH]c(=O)n2C2=CC=C(CN3CCN(C(=O)Nc4cccc5c4CN(C4CCC(=O)NC4=O)C5=O)CC3)CC2)c(O)cc1O. The van der Waals surface area contributed by atoms with E-state index in [-0.39, 0.29) is 60.5 Å². The number of hydrogen-bond acceptors (Lipinski definition) is 9. The molecule has 3 aromatic rings. The van der Waals surface area contributed by atoms with E-state index in [0.717, 1.165) is 12.1 Å². The molecule has 1 aliphatic carbocycles. The van der Waals surface area contributed by atoms with E-state index in [1.165, 1.54) is 21.1 Å². The Kier molecular flexibility index (Phi) is 8.97. The van der Waals surface area contributed by atoms with Crippen molar-refractivity contribution in [2.75, 3.05) is 38.0 Å². The van der Waals surface area contributed by atoms with Crippen molar-refractivity contribution in [1.82, 2.24) is 34.8 Å². The smallest absolute Gasteiger partial charge is 0.347 e. The number of H-pyrrole nitrogens is 1. The van der Waals surface area contributed by atoms with Crippen molar-refractivity contribution in [3.8, 4) is 22.9 Å². The van der Waals surface area contributed by atoms with Gasteiger partial charge in [-0.2, -0.15) is 5.10 Å². The van der Waals surface area contributed by atoms with Crippen molar-refractivity contribution in [3.63, 3.8) is 0 Å². The Balaban J connectivity index is 0.963. The quantitative estimate of drug-likeness (QED) is 0.231. The van der Waals surface area contributed by atoms with Gasteiger partial charge >= 0.3 is 11.7 Å². The number of piperazine rings is 1. The molecule has 0 bridgehead atoms. The number of benzene rings is 2. The summed E-state index contributed by atoms with van der Waals surface area (Å²) in [5, 5.41) is 32.9. The van der Waals surface area contributed by atoms with Crippen LogP contribution in [0.3, 0.4) is 0 Å². The number of phenols is 2. The highest BCUT2D eigenvalue weighted by Gasteiger charge is 2.40. The topological polar surface area (TPSA) is 193 Å². The number of aromatic hydroxyl groups is 2. The van der Waals surface area contributed by atoms with Crippen molar-refractivity contribution < 1.29 is 29.4 Å². The second-order valence-electron chi connectivity index (χ2n) is 13.7. The Labute approximate surface area is 293 Å². The summed E-state index contributed by atoms with van der Waals surface area (Å²) in [7, 11) is 0. The molecule has 1 atom stereocenters. The number of fused-ring (bicyclic) bond motifs is 1. The number of imide groups is 1. The van der Waals surface area contributed by atoms with Crippen molar-refractivity contribution >= 4 is 35.1 Å². The van der Waals surface area contributed by atoms with E-state index < -0.39 is 17.6 Å². The minimum absolute atomic E-state index is 0.00413. The van der Waals surface area contributed by atoms with Crippen LogP contribution >= 0.6 is 0 Å². The average molecular weight is 697 g/mol. The number of rotatable bonds is 7. The van der Waals surface area contributed by atoms with Crippen LogP contribution < -0.4 is 16.3 Å². The molecule has 2 fully saturated rings. The highest BCUT2D eigenvalue weighted by molar-refractivity contribution is 6.06. The largest absolute Gasteiger partial charge is 0.508 e. The molecule has 0 saturated carbocycles. The molecule has 15 heteroatoms. The number of carbonyl (C=O) groups excluding carboxylic acids is 4. The molecule has 0 spiro atoms. The molecular formula is C36H40N8O7. The van der Waals surface area contributed by atoms with Crippen LogP contribution in [0.5, 0.6) is 11.5 Å². The van der Waals surface area contributed by atoms with E-state index in [2.05, 4.69) is 25.7 Å². The maximum Gasteiger partial charge on any atom is 0.347 e. The number of anilines is 1. The van der Waals surface area contributed by atoms with E-state index in [4.69, 9.17) is 0 Å². The van der Waals surface area contributed by atoms with Gasteiger partial charge in [0.05, 0.1) is 5.56 Å². The predicted molar refractivity (Wildman–Crippen MR) is 187 cm³/mol. The molecule has 4 aliphatic rings. The summed E-state index contributed by atoms with van der Waals surface area (Å²) in [6.07, 6.45) is 5.64. The van der Waals surface area contributed by atoms with Crippen LogP contribution in [0.25, 0.3) is 17.1 Å². The molecule has 0 radical (unpaired) electrons. The third kappa shape index (κ3) is 6.52. The predicted octanol–water partition coefficient (Wildman–Crippen LogP) is 2.94. The lowest BCUT2D eigenvalue weighted by Crippen LogP contribution is -2.52. The van der Waals surface area contributed by atoms with Gasteiger partial charge in [0.1, 0.15) is 17.5 Å². The highest BCUT2D eigenvalue weighted by atomic mass is 16.3. The first-order chi connectivity index (χ1) is 24.5. The summed E-state index contributed by atoms with van der Waals surface area (Å²) in [5.41, 5.74) is 4.12. The number of allylic oxidation sites excluding steroid dienone is 3. The number of nitrogens with zero attached hydrogens (tertiary/aromatic N) is 5. The summed E-state index contributed by atoms with van der Waals surface area (Å²) in [6.45, 7) is 7.10. The maximum atomic E-state index is 13.3. The first-order valence-corrected chi connectivity index (χ1v) is 17.2. The number of aromatic nitrogens is 3. The molecule has 15 nitrogen and oxygen atoms in total. The Morgan fingerprint density at radius 2 is 1.76 bits per heavy atom. The third-order valence-corrected chi connectivity index (χ3v) is 10.1. The molecule has 2 aromatic carbocycles. The number of hydrogen-bond donors (Lipinski definition) is 5. The second kappa shape index (κ2) is 13.5. The monoisotopic (exact) mass is 696 g/mol. The lowest BCUT2D eigenvalue weighted by molar-refractivity contribution is -0.136. The minimum atomic E-state index is -0.732. The molecule has 51 heavy (non-hydrogen) atoms. The average Bonchev–Trinajstić information content (AvgIpc) is 3.65. The number of piperidine rings is 1. The van der Waals surface area contributed by atoms with Crippen LogP contribution in [0.2, 0.25) is 0 Å². The van der Waals surface area contributed by atoms with E-state index in [0.29, 0.717) is 67.1 Å². The van der Waals surface area contributed by atoms with E-state index >= 15 is 0 Å². The maximum absolute atomic E-state index is 13.3. The van der Waals surface area contributed by atoms with Crippen molar-refractivity contribution in [3.05, 3.63) is 75.2 Å². The van der Waals surface area contributed by atoms with E-state index in [9.17, 15) is 34.2 Å². The number of urea groups is 1. The van der Waals surface area contributed by atoms with Gasteiger partial charge in [0.25, 0.3) is 5.91 Å². The number of carbonyl (C=O) groups is 4. The van der Waals surface area contributed by atoms with Gasteiger partial charge in [-0.1, -0.05) is 31.6 Å². The second-order valence-corrected chi connectivity index (χ2v) is 13.7. The van der Waals surface area contributed by atoms with Crippen LogP contribution in [0.1, 0.15) is 66.9 Å². The van der Waals surface area contributed by atoms with Gasteiger partial charge in [-0.15, -0.1) is 0 Å². The van der Waals surface area contributed by atoms with Crippen molar-refractivity contribution in [1.29, 1.82) is 0 Å². The van der Waals surface area contributed by atoms with Gasteiger partial charge in [0.15, 0.2) is 5.82 Å². The minimum Gasteiger partial charge on any atom is -0.508 e. The number of phenolic OH excluding ortho intramolecular Hbond substituents is 2. The van der Waals surface area contributed by atoms with Crippen molar-refractivity contribution in [2.45, 2.75) is 58.0 Å². The zero-order valence-electron chi connectivity index (χ0n) is 28.4. The molecule has 7 rings (SSSR count).